The topological polar surface area (TPSA) is 73.1 Å². The van der Waals surface area contributed by atoms with Crippen molar-refractivity contribution < 1.29 is 19.1 Å². The first-order valence-corrected chi connectivity index (χ1v) is 9.69. The van der Waals surface area contributed by atoms with Crippen molar-refractivity contribution in [3.63, 3.8) is 0 Å². The molecule has 0 bridgehead atoms. The molecule has 31 heavy (non-hydrogen) atoms. The van der Waals surface area contributed by atoms with Crippen LogP contribution in [0.15, 0.2) is 84.5 Å². The molecule has 0 saturated carbocycles. The zero-order chi connectivity index (χ0) is 22.0. The molecule has 156 valence electrons. The van der Waals surface area contributed by atoms with Gasteiger partial charge in [0, 0.05) is 29.8 Å². The monoisotopic (exact) mass is 435 g/mol. The number of hydrogen-bond donors (Lipinski definition) is 0. The molecule has 0 spiro atoms. The highest BCUT2D eigenvalue weighted by Gasteiger charge is 2.27. The lowest BCUT2D eigenvalue weighted by atomic mass is 10.1. The molecule has 2 aromatic heterocycles. The number of pyridine rings is 1. The summed E-state index contributed by atoms with van der Waals surface area (Å²) in [5, 5.41) is 0.607. The molecule has 0 atom stereocenters. The van der Waals surface area contributed by atoms with Crippen LogP contribution < -0.4 is 4.90 Å². The maximum absolute atomic E-state index is 12.6. The first-order valence-electron chi connectivity index (χ1n) is 9.31. The Morgan fingerprint density at radius 3 is 2.58 bits per heavy atom. The van der Waals surface area contributed by atoms with Gasteiger partial charge < -0.3 is 18.8 Å². The number of benzene rings is 1. The predicted molar refractivity (Wildman–Crippen MR) is 117 cm³/mol. The van der Waals surface area contributed by atoms with E-state index in [0.29, 0.717) is 10.7 Å². The van der Waals surface area contributed by atoms with Gasteiger partial charge in [-0.25, -0.2) is 14.6 Å². The van der Waals surface area contributed by atoms with Crippen molar-refractivity contribution in [2.75, 3.05) is 19.1 Å². The lowest BCUT2D eigenvalue weighted by molar-refractivity contribution is -0.139. The maximum atomic E-state index is 12.6. The van der Waals surface area contributed by atoms with Crippen LogP contribution in [0.25, 0.3) is 16.9 Å². The van der Waals surface area contributed by atoms with E-state index in [2.05, 4.69) is 4.98 Å². The molecule has 1 aliphatic heterocycles. The molecule has 0 unspecified atom stereocenters. The highest BCUT2D eigenvalue weighted by Crippen LogP contribution is 2.30. The summed E-state index contributed by atoms with van der Waals surface area (Å²) in [7, 11) is 2.52. The van der Waals surface area contributed by atoms with Gasteiger partial charge in [0.2, 0.25) is 0 Å². The van der Waals surface area contributed by atoms with Crippen molar-refractivity contribution in [3.8, 4) is 11.3 Å². The third kappa shape index (κ3) is 3.95. The molecule has 0 fully saturated rings. The van der Waals surface area contributed by atoms with E-state index >= 15 is 0 Å². The number of hydrogen-bond acceptors (Lipinski definition) is 6. The summed E-state index contributed by atoms with van der Waals surface area (Å²) in [6.45, 7) is 0. The first-order chi connectivity index (χ1) is 15.0. The van der Waals surface area contributed by atoms with Crippen LogP contribution in [0.3, 0.4) is 0 Å². The van der Waals surface area contributed by atoms with Crippen LogP contribution in [0.5, 0.6) is 0 Å². The van der Waals surface area contributed by atoms with Gasteiger partial charge in [0.15, 0.2) is 0 Å². The van der Waals surface area contributed by atoms with E-state index < -0.39 is 11.9 Å². The summed E-state index contributed by atoms with van der Waals surface area (Å²) >= 11 is 6.07. The third-order valence-electron chi connectivity index (χ3n) is 4.72. The molecule has 3 aromatic rings. The number of esters is 2. The molecule has 1 aromatic carbocycles. The van der Waals surface area contributed by atoms with Crippen LogP contribution in [-0.4, -0.2) is 35.5 Å². The number of aromatic nitrogens is 2. The second-order valence-electron chi connectivity index (χ2n) is 6.61. The molecule has 0 aliphatic carbocycles. The fourth-order valence-electron chi connectivity index (χ4n) is 3.28. The van der Waals surface area contributed by atoms with Crippen molar-refractivity contribution in [2.45, 2.75) is 0 Å². The molecule has 3 heterocycles. The van der Waals surface area contributed by atoms with E-state index in [1.807, 2.05) is 40.9 Å². The van der Waals surface area contributed by atoms with Gasteiger partial charge in [-0.1, -0.05) is 29.8 Å². The van der Waals surface area contributed by atoms with E-state index in [1.54, 1.807) is 35.5 Å². The number of rotatable bonds is 4. The van der Waals surface area contributed by atoms with E-state index in [9.17, 15) is 9.59 Å². The van der Waals surface area contributed by atoms with Crippen molar-refractivity contribution in [3.05, 3.63) is 89.5 Å². The lowest BCUT2D eigenvalue weighted by Gasteiger charge is -2.23. The van der Waals surface area contributed by atoms with Crippen LogP contribution in [-0.2, 0) is 19.1 Å². The second-order valence-corrected chi connectivity index (χ2v) is 7.04. The number of fused-ring (bicyclic) bond motifs is 1. The van der Waals surface area contributed by atoms with Crippen LogP contribution >= 0.6 is 11.6 Å². The smallest absolute Gasteiger partial charge is 0.355 e. The summed E-state index contributed by atoms with van der Waals surface area (Å²) < 4.78 is 11.6. The average molecular weight is 436 g/mol. The zero-order valence-corrected chi connectivity index (χ0v) is 17.5. The average Bonchev–Trinajstić information content (AvgIpc) is 3.08. The Balaban J connectivity index is 1.82. The van der Waals surface area contributed by atoms with Gasteiger partial charge in [-0.2, -0.15) is 0 Å². The molecule has 0 N–H and O–H groups in total. The van der Waals surface area contributed by atoms with E-state index in [1.165, 1.54) is 20.3 Å². The van der Waals surface area contributed by atoms with Crippen LogP contribution in [0.4, 0.5) is 5.69 Å². The molecule has 4 rings (SSSR count). The number of ether oxygens (including phenoxy) is 2. The van der Waals surface area contributed by atoms with Crippen LogP contribution in [0.2, 0.25) is 5.02 Å². The quantitative estimate of drug-likeness (QED) is 0.573. The predicted octanol–water partition coefficient (Wildman–Crippen LogP) is 4.14. The van der Waals surface area contributed by atoms with Gasteiger partial charge in [0.1, 0.15) is 11.3 Å². The largest absolute Gasteiger partial charge is 0.465 e. The highest BCUT2D eigenvalue weighted by atomic mass is 35.5. The maximum Gasteiger partial charge on any atom is 0.355 e. The van der Waals surface area contributed by atoms with Gasteiger partial charge in [-0.15, -0.1) is 0 Å². The van der Waals surface area contributed by atoms with Crippen LogP contribution in [0, 0.1) is 0 Å². The number of carbonyl (C=O) groups excluding carboxylic acids is 2. The normalized spacial score (nSPS) is 13.5. The van der Waals surface area contributed by atoms with Crippen molar-refractivity contribution >= 4 is 34.9 Å². The Kier molecular flexibility index (Phi) is 5.60. The van der Waals surface area contributed by atoms with E-state index in [-0.39, 0.29) is 11.3 Å². The summed E-state index contributed by atoms with van der Waals surface area (Å²) in [6.07, 6.45) is 10.2. The first kappa shape index (κ1) is 20.4. The lowest BCUT2D eigenvalue weighted by Crippen LogP contribution is -2.26. The molecular formula is C23H18ClN3O4. The zero-order valence-electron chi connectivity index (χ0n) is 16.8. The fourth-order valence-corrected chi connectivity index (χ4v) is 3.45. The second kappa shape index (κ2) is 8.49. The molecule has 8 heteroatoms. The fraction of sp³-hybridized carbons (Fsp3) is 0.0870. The number of imidazole rings is 1. The molecular weight excluding hydrogens is 418 g/mol. The number of methoxy groups -OCH3 is 2. The van der Waals surface area contributed by atoms with E-state index in [0.717, 1.165) is 16.9 Å². The van der Waals surface area contributed by atoms with Crippen molar-refractivity contribution in [2.24, 2.45) is 0 Å². The number of carbonyl (C=O) groups is 2. The van der Waals surface area contributed by atoms with E-state index in [4.69, 9.17) is 21.1 Å². The van der Waals surface area contributed by atoms with Crippen LogP contribution in [0.1, 0.15) is 0 Å². The summed E-state index contributed by atoms with van der Waals surface area (Å²) in [5.41, 5.74) is 3.11. The number of nitrogens with zero attached hydrogens (tertiary/aromatic N) is 3. The molecule has 1 aliphatic rings. The third-order valence-corrected chi connectivity index (χ3v) is 4.95. The standard InChI is InChI=1S/C23H18ClN3O4/c1-30-22(28)18-8-3-4-11-27(21(18)23(29)31-2)17-7-5-6-15(12-17)19-14-26-13-16(24)9-10-20(26)25-19/h3-14H,1-2H3. The molecule has 7 nitrogen and oxygen atoms in total. The minimum absolute atomic E-state index is 0.0540. The summed E-state index contributed by atoms with van der Waals surface area (Å²) in [5.74, 6) is -1.30. The minimum Gasteiger partial charge on any atom is -0.465 e. The SMILES string of the molecule is COC(=O)C1=C(C(=O)OC)N(c2cccc(-c3cn4cc(Cl)ccc4n3)c2)C=CC=C1. The number of halogens is 1. The van der Waals surface area contributed by atoms with Gasteiger partial charge in [-0.3, -0.25) is 0 Å². The van der Waals surface area contributed by atoms with Crippen molar-refractivity contribution in [1.82, 2.24) is 9.38 Å². The molecule has 0 saturated heterocycles. The summed E-state index contributed by atoms with van der Waals surface area (Å²) in [6, 6.07) is 11.1. The van der Waals surface area contributed by atoms with Gasteiger partial charge in [0.25, 0.3) is 0 Å². The Bertz CT molecular complexity index is 1270. The van der Waals surface area contributed by atoms with Gasteiger partial charge in [-0.05, 0) is 36.4 Å². The Hall–Kier alpha value is -3.84. The number of anilines is 1. The Morgan fingerprint density at radius 1 is 1.00 bits per heavy atom. The molecule has 0 radical (unpaired) electrons. The van der Waals surface area contributed by atoms with Gasteiger partial charge in [0.05, 0.1) is 30.5 Å². The minimum atomic E-state index is -0.663. The van der Waals surface area contributed by atoms with Gasteiger partial charge >= 0.3 is 11.9 Å². The summed E-state index contributed by atoms with van der Waals surface area (Å²) in [4.78, 5) is 31.2. The number of allylic oxidation sites excluding steroid dienone is 2. The highest BCUT2D eigenvalue weighted by molar-refractivity contribution is 6.30. The Morgan fingerprint density at radius 2 is 1.81 bits per heavy atom. The Labute approximate surface area is 183 Å². The van der Waals surface area contributed by atoms with Crippen molar-refractivity contribution in [1.29, 1.82) is 0 Å². The molecule has 0 amide bonds.